The van der Waals surface area contributed by atoms with Crippen LogP contribution in [0.3, 0.4) is 0 Å². The Bertz CT molecular complexity index is 8770. The summed E-state index contributed by atoms with van der Waals surface area (Å²) >= 11 is 0. The van der Waals surface area contributed by atoms with Crippen molar-refractivity contribution in [2.45, 2.75) is 57.8 Å². The average Bonchev–Trinajstić information content (AvgIpc) is 1.56. The molecule has 18 aromatic carbocycles. The second-order valence-corrected chi connectivity index (χ2v) is 37.6. The summed E-state index contributed by atoms with van der Waals surface area (Å²) < 4.78 is 6.87. The van der Waals surface area contributed by atoms with Gasteiger partial charge in [-0.15, -0.1) is 0 Å². The molecule has 0 N–H and O–H groups in total. The van der Waals surface area contributed by atoms with E-state index in [1.807, 2.05) is 158 Å². The summed E-state index contributed by atoms with van der Waals surface area (Å²) in [7, 11) is 0. The maximum absolute atomic E-state index is 5.18. The molecule has 654 valence electrons. The maximum Gasteiger partial charge on any atom is 0.238 e. The van der Waals surface area contributed by atoms with Crippen molar-refractivity contribution < 1.29 is 0 Å². The molecule has 0 saturated heterocycles. The normalized spacial score (nSPS) is 13.2. The van der Waals surface area contributed by atoms with Gasteiger partial charge in [-0.3, -0.25) is 9.13 Å². The minimum atomic E-state index is -0.105. The van der Waals surface area contributed by atoms with Gasteiger partial charge in [-0.1, -0.05) is 412 Å². The maximum atomic E-state index is 5.18. The smallest absolute Gasteiger partial charge is 0.238 e. The van der Waals surface area contributed by atoms with E-state index in [2.05, 4.69) is 334 Å². The van der Waals surface area contributed by atoms with Crippen LogP contribution in [0.4, 0.5) is 0 Å². The second kappa shape index (κ2) is 32.9. The first-order valence-corrected chi connectivity index (χ1v) is 47.1. The number of rotatable bonds is 12. The highest BCUT2D eigenvalue weighted by Crippen LogP contribution is 2.55. The van der Waals surface area contributed by atoms with Crippen molar-refractivity contribution >= 4 is 65.4 Å². The van der Waals surface area contributed by atoms with E-state index < -0.39 is 0 Å². The fourth-order valence-electron chi connectivity index (χ4n) is 21.4. The van der Waals surface area contributed by atoms with E-state index in [0.717, 1.165) is 77.8 Å². The van der Waals surface area contributed by atoms with Gasteiger partial charge in [0.05, 0.1) is 33.1 Å². The molecule has 12 nitrogen and oxygen atoms in total. The molecule has 0 atom stereocenters. The highest BCUT2D eigenvalue weighted by atomic mass is 15.2. The summed E-state index contributed by atoms with van der Waals surface area (Å²) in [6.45, 7) is 14.0. The van der Waals surface area contributed by atoms with E-state index in [1.54, 1.807) is 0 Å². The van der Waals surface area contributed by atoms with Crippen molar-refractivity contribution in [3.8, 4) is 153 Å². The predicted molar refractivity (Wildman–Crippen MR) is 564 cm³/mol. The predicted octanol–water partition coefficient (Wildman–Crippen LogP) is 30.8. The van der Waals surface area contributed by atoms with Gasteiger partial charge in [0, 0.05) is 93.2 Å². The Balaban J connectivity index is 0.000000111. The zero-order valence-corrected chi connectivity index (χ0v) is 76.9. The van der Waals surface area contributed by atoms with E-state index in [0.29, 0.717) is 52.7 Å². The van der Waals surface area contributed by atoms with Crippen LogP contribution in [0.25, 0.3) is 218 Å². The van der Waals surface area contributed by atoms with Crippen LogP contribution in [-0.2, 0) is 16.2 Å². The third kappa shape index (κ3) is 13.9. The lowest BCUT2D eigenvalue weighted by atomic mass is 9.82. The third-order valence-corrected chi connectivity index (χ3v) is 28.4. The quantitative estimate of drug-likeness (QED) is 0.117. The zero-order valence-electron chi connectivity index (χ0n) is 76.9. The standard InChI is InChI=1S/C48H34N4.C42H30N4.C36H26N4/c1-48(2)41-24-13-12-23-37(41)39-30-44-40(29-42(39)48)38-26-25-34(31-15-6-3-7-16-31)28-43(38)52(44)36-22-14-21-35(27-36)47-50-45(32-17-8-4-9-18-32)49-46(51-47)33-19-10-5-11-20-33;1-42(2)35-21-13-12-20-31(35)33-26-38-34(25-36(33)42)32-23-22-30(27-14-6-3-7-15-27)24-37(32)46(38)41-44-39(28-16-8-4-9-17-28)43-40(45-41)29-18-10-5-11-19-29;1-36(2)29-19-11-9-17-25(29)27-22-32-28(21-30(27)36)26-18-10-12-20-31(26)40(32)35-38-33(23-13-5-3-6-14-23)37-34(39-35)24-15-7-4-8-16-24/h3-30H,1-2H3;3-26H,1-2H3;3-22H,1-2H3. The van der Waals surface area contributed by atoms with Crippen molar-refractivity contribution in [2.75, 3.05) is 0 Å². The molecule has 0 unspecified atom stereocenters. The van der Waals surface area contributed by atoms with Gasteiger partial charge in [-0.05, 0) is 156 Å². The third-order valence-electron chi connectivity index (χ3n) is 28.4. The summed E-state index contributed by atoms with van der Waals surface area (Å²) in [5.74, 6) is 5.75. The van der Waals surface area contributed by atoms with E-state index in [9.17, 15) is 0 Å². The summed E-state index contributed by atoms with van der Waals surface area (Å²) in [6.07, 6.45) is 0. The highest BCUT2D eigenvalue weighted by Gasteiger charge is 2.40. The molecular weight excluding hydrogens is 1680 g/mol. The van der Waals surface area contributed by atoms with Gasteiger partial charge < -0.3 is 4.57 Å². The van der Waals surface area contributed by atoms with Gasteiger partial charge >= 0.3 is 0 Å². The number of fused-ring (bicyclic) bond motifs is 18. The van der Waals surface area contributed by atoms with Crippen LogP contribution >= 0.6 is 0 Å². The van der Waals surface area contributed by atoms with Crippen molar-refractivity contribution in [3.05, 3.63) is 470 Å². The zero-order chi connectivity index (χ0) is 92.5. The van der Waals surface area contributed by atoms with Gasteiger partial charge in [0.1, 0.15) is 0 Å². The minimum absolute atomic E-state index is 0.0720. The number of nitrogens with zero attached hydrogens (tertiary/aromatic N) is 12. The Kier molecular flexibility index (Phi) is 19.6. The first kappa shape index (κ1) is 82.3. The lowest BCUT2D eigenvalue weighted by Crippen LogP contribution is -2.14. The van der Waals surface area contributed by atoms with Gasteiger partial charge in [-0.25, -0.2) is 24.9 Å². The summed E-state index contributed by atoms with van der Waals surface area (Å²) in [5.41, 5.74) is 34.7. The van der Waals surface area contributed by atoms with Crippen LogP contribution in [0, 0.1) is 0 Å². The van der Waals surface area contributed by atoms with Crippen molar-refractivity contribution in [1.82, 2.24) is 58.6 Å². The van der Waals surface area contributed by atoms with Crippen LogP contribution in [-0.4, -0.2) is 58.6 Å². The molecule has 0 bridgehead atoms. The molecule has 0 amide bonds. The minimum Gasteiger partial charge on any atom is -0.309 e. The molecule has 0 aliphatic heterocycles. The topological polar surface area (TPSA) is 131 Å². The monoisotopic (exact) mass is 1770 g/mol. The molecule has 12 heteroatoms. The fraction of sp³-hybridized carbons (Fsp3) is 0.0714. The Morgan fingerprint density at radius 3 is 0.754 bits per heavy atom. The van der Waals surface area contributed by atoms with Crippen molar-refractivity contribution in [2.24, 2.45) is 0 Å². The van der Waals surface area contributed by atoms with Gasteiger partial charge in [-0.2, -0.15) is 19.9 Å². The van der Waals surface area contributed by atoms with Crippen LogP contribution < -0.4 is 0 Å². The molecular formula is C126H90N12. The molecule has 6 aromatic heterocycles. The number of para-hydroxylation sites is 1. The number of benzene rings is 18. The first-order chi connectivity index (χ1) is 67.7. The summed E-state index contributed by atoms with van der Waals surface area (Å²) in [5, 5.41) is 7.24. The van der Waals surface area contributed by atoms with E-state index >= 15 is 0 Å². The Morgan fingerprint density at radius 2 is 0.406 bits per heavy atom. The van der Waals surface area contributed by atoms with E-state index in [-0.39, 0.29) is 16.2 Å². The molecule has 138 heavy (non-hydrogen) atoms. The molecule has 0 saturated carbocycles. The molecule has 3 aliphatic rings. The van der Waals surface area contributed by atoms with Gasteiger partial charge in [0.2, 0.25) is 11.9 Å². The van der Waals surface area contributed by atoms with Crippen molar-refractivity contribution in [1.29, 1.82) is 0 Å². The molecule has 0 spiro atoms. The Labute approximate surface area is 799 Å². The molecule has 0 radical (unpaired) electrons. The average molecular weight is 1770 g/mol. The molecule has 24 aromatic rings. The SMILES string of the molecule is CC1(C)c2ccccc2-c2cc3c(cc21)c1ccc(-c2ccccc2)cc1n3-c1cccc(-c2nc(-c3ccccc3)nc(-c3ccccc3)n2)c1.CC1(C)c2ccccc2-c2cc3c(cc21)c1ccc(-c2ccccc2)cc1n3-c1nc(-c2ccccc2)nc(-c2ccccc2)n1.CC1(C)c2ccccc2-c2cc3c(cc21)c1ccccc1n3-c1nc(-c2ccccc2)nc(-c2ccccc2)n1. The van der Waals surface area contributed by atoms with Crippen LogP contribution in [0.5, 0.6) is 0 Å². The van der Waals surface area contributed by atoms with Gasteiger partial charge in [0.15, 0.2) is 40.8 Å². The lowest BCUT2D eigenvalue weighted by molar-refractivity contribution is 0.661. The first-order valence-electron chi connectivity index (χ1n) is 47.1. The number of hydrogen-bond acceptors (Lipinski definition) is 9. The summed E-state index contributed by atoms with van der Waals surface area (Å²) in [4.78, 5) is 45.5. The largest absolute Gasteiger partial charge is 0.309 e. The Morgan fingerprint density at radius 1 is 0.152 bits per heavy atom. The van der Waals surface area contributed by atoms with Crippen LogP contribution in [0.15, 0.2) is 437 Å². The van der Waals surface area contributed by atoms with E-state index in [4.69, 9.17) is 44.9 Å². The summed E-state index contributed by atoms with van der Waals surface area (Å²) in [6, 6.07) is 154. The molecule has 27 rings (SSSR count). The van der Waals surface area contributed by atoms with Crippen molar-refractivity contribution in [3.63, 3.8) is 0 Å². The lowest BCUT2D eigenvalue weighted by Gasteiger charge is -2.21. The van der Waals surface area contributed by atoms with Crippen LogP contribution in [0.2, 0.25) is 0 Å². The fourth-order valence-corrected chi connectivity index (χ4v) is 21.4. The van der Waals surface area contributed by atoms with Gasteiger partial charge in [0.25, 0.3) is 0 Å². The number of hydrogen-bond donors (Lipinski definition) is 0. The van der Waals surface area contributed by atoms with E-state index in [1.165, 1.54) is 121 Å². The number of aromatic nitrogens is 12. The highest BCUT2D eigenvalue weighted by molar-refractivity contribution is 6.15. The molecule has 3 aliphatic carbocycles. The molecule has 0 fully saturated rings. The van der Waals surface area contributed by atoms with Crippen LogP contribution in [0.1, 0.15) is 74.9 Å². The second-order valence-electron chi connectivity index (χ2n) is 37.6. The molecule has 6 heterocycles. The Hall–Kier alpha value is -17.6.